The summed E-state index contributed by atoms with van der Waals surface area (Å²) in [5.74, 6) is -0.144. The van der Waals surface area contributed by atoms with Crippen molar-refractivity contribution in [2.24, 2.45) is 0 Å². The number of aromatic nitrogens is 1. The number of amides is 1. The fourth-order valence-corrected chi connectivity index (χ4v) is 1.52. The van der Waals surface area contributed by atoms with Gasteiger partial charge < -0.3 is 10.1 Å². The maximum Gasteiger partial charge on any atom is 0.248 e. The Labute approximate surface area is 115 Å². The molecule has 5 heteroatoms. The number of hydrogen-bond donors (Lipinski definition) is 1. The van der Waals surface area contributed by atoms with E-state index in [4.69, 9.17) is 4.74 Å². The Morgan fingerprint density at radius 1 is 1.25 bits per heavy atom. The Bertz CT molecular complexity index is 607. The number of halogens is 1. The van der Waals surface area contributed by atoms with Crippen molar-refractivity contribution in [1.82, 2.24) is 4.98 Å². The van der Waals surface area contributed by atoms with Gasteiger partial charge in [-0.3, -0.25) is 4.79 Å². The largest absolute Gasteiger partial charge is 0.497 e. The lowest BCUT2D eigenvalue weighted by molar-refractivity contribution is -0.111. The van der Waals surface area contributed by atoms with E-state index in [2.05, 4.69) is 10.3 Å². The van der Waals surface area contributed by atoms with Crippen LogP contribution in [0.5, 0.6) is 5.75 Å². The van der Waals surface area contributed by atoms with Gasteiger partial charge in [-0.15, -0.1) is 0 Å². The standard InChI is InChI=1S/C15H13FN2O2/c1-20-13-6-2-11(3-7-13)4-9-15(19)18-12-5-8-14(16)17-10-12/h2-10H,1H3,(H,18,19)/b9-4+. The van der Waals surface area contributed by atoms with Gasteiger partial charge in [0.05, 0.1) is 19.0 Å². The van der Waals surface area contributed by atoms with E-state index in [0.717, 1.165) is 11.3 Å². The van der Waals surface area contributed by atoms with E-state index in [1.54, 1.807) is 13.2 Å². The van der Waals surface area contributed by atoms with Gasteiger partial charge in [0.15, 0.2) is 0 Å². The number of methoxy groups -OCH3 is 1. The van der Waals surface area contributed by atoms with Crippen molar-refractivity contribution in [3.05, 3.63) is 60.2 Å². The van der Waals surface area contributed by atoms with Crippen LogP contribution in [0.4, 0.5) is 10.1 Å². The fraction of sp³-hybridized carbons (Fsp3) is 0.0667. The summed E-state index contributed by atoms with van der Waals surface area (Å²) in [7, 11) is 1.59. The van der Waals surface area contributed by atoms with Gasteiger partial charge in [-0.25, -0.2) is 4.98 Å². The van der Waals surface area contributed by atoms with E-state index in [9.17, 15) is 9.18 Å². The topological polar surface area (TPSA) is 51.2 Å². The van der Waals surface area contributed by atoms with E-state index in [-0.39, 0.29) is 5.91 Å². The Balaban J connectivity index is 1.96. The molecule has 0 aliphatic rings. The quantitative estimate of drug-likeness (QED) is 0.687. The number of nitrogens with zero attached hydrogens (tertiary/aromatic N) is 1. The molecule has 0 bridgehead atoms. The Morgan fingerprint density at radius 2 is 2.00 bits per heavy atom. The lowest BCUT2D eigenvalue weighted by atomic mass is 10.2. The van der Waals surface area contributed by atoms with Gasteiger partial charge in [0.1, 0.15) is 5.75 Å². The zero-order valence-corrected chi connectivity index (χ0v) is 10.8. The predicted octanol–water partition coefficient (Wildman–Crippen LogP) is 2.88. The molecule has 102 valence electrons. The fourth-order valence-electron chi connectivity index (χ4n) is 1.52. The SMILES string of the molecule is COc1ccc(/C=C/C(=O)Nc2ccc(F)nc2)cc1. The number of carbonyl (C=O) groups excluding carboxylic acids is 1. The number of ether oxygens (including phenoxy) is 1. The summed E-state index contributed by atoms with van der Waals surface area (Å²) in [5, 5.41) is 2.58. The first-order valence-electron chi connectivity index (χ1n) is 5.92. The molecule has 2 rings (SSSR count). The number of nitrogens with one attached hydrogen (secondary N) is 1. The van der Waals surface area contributed by atoms with E-state index in [1.807, 2.05) is 24.3 Å². The first-order chi connectivity index (χ1) is 9.67. The molecular formula is C15H13FN2O2. The second-order valence-electron chi connectivity index (χ2n) is 3.97. The third-order valence-corrected chi connectivity index (χ3v) is 2.54. The monoisotopic (exact) mass is 272 g/mol. The second-order valence-corrected chi connectivity index (χ2v) is 3.97. The number of benzene rings is 1. The van der Waals surface area contributed by atoms with Gasteiger partial charge in [0.2, 0.25) is 11.9 Å². The van der Waals surface area contributed by atoms with E-state index in [1.165, 1.54) is 24.4 Å². The number of pyridine rings is 1. The van der Waals surface area contributed by atoms with E-state index in [0.29, 0.717) is 5.69 Å². The summed E-state index contributed by atoms with van der Waals surface area (Å²) in [4.78, 5) is 15.1. The highest BCUT2D eigenvalue weighted by Gasteiger charge is 1.99. The van der Waals surface area contributed by atoms with Crippen molar-refractivity contribution in [2.45, 2.75) is 0 Å². The molecule has 0 saturated carbocycles. The highest BCUT2D eigenvalue weighted by Crippen LogP contribution is 2.12. The molecule has 0 spiro atoms. The van der Waals surface area contributed by atoms with Gasteiger partial charge >= 0.3 is 0 Å². The number of rotatable bonds is 4. The summed E-state index contributed by atoms with van der Waals surface area (Å²) in [6.45, 7) is 0. The van der Waals surface area contributed by atoms with Crippen molar-refractivity contribution in [3.63, 3.8) is 0 Å². The summed E-state index contributed by atoms with van der Waals surface area (Å²) in [6.07, 6.45) is 4.32. The predicted molar refractivity (Wildman–Crippen MR) is 74.9 cm³/mol. The molecule has 1 aromatic carbocycles. The maximum atomic E-state index is 12.6. The first-order valence-corrected chi connectivity index (χ1v) is 5.92. The molecule has 1 N–H and O–H groups in total. The van der Waals surface area contributed by atoms with Crippen LogP contribution in [0.25, 0.3) is 6.08 Å². The molecule has 0 unspecified atom stereocenters. The number of anilines is 1. The Morgan fingerprint density at radius 3 is 2.60 bits per heavy atom. The summed E-state index contributed by atoms with van der Waals surface area (Å²) in [6, 6.07) is 9.91. The summed E-state index contributed by atoms with van der Waals surface area (Å²) in [5.41, 5.74) is 1.31. The van der Waals surface area contributed by atoms with Gasteiger partial charge in [0, 0.05) is 6.08 Å². The van der Waals surface area contributed by atoms with Crippen LogP contribution in [0.2, 0.25) is 0 Å². The molecule has 0 radical (unpaired) electrons. The van der Waals surface area contributed by atoms with Crippen molar-refractivity contribution < 1.29 is 13.9 Å². The molecule has 1 heterocycles. The molecule has 2 aromatic rings. The minimum absolute atomic E-state index is 0.311. The third-order valence-electron chi connectivity index (χ3n) is 2.54. The van der Waals surface area contributed by atoms with Crippen LogP contribution in [-0.2, 0) is 4.79 Å². The lowest BCUT2D eigenvalue weighted by Crippen LogP contribution is -2.07. The van der Waals surface area contributed by atoms with Gasteiger partial charge in [-0.2, -0.15) is 4.39 Å². The zero-order chi connectivity index (χ0) is 14.4. The molecule has 0 fully saturated rings. The molecular weight excluding hydrogens is 259 g/mol. The van der Waals surface area contributed by atoms with Crippen LogP contribution in [-0.4, -0.2) is 18.0 Å². The minimum atomic E-state index is -0.586. The maximum absolute atomic E-state index is 12.6. The van der Waals surface area contributed by atoms with Crippen LogP contribution in [0.3, 0.4) is 0 Å². The minimum Gasteiger partial charge on any atom is -0.497 e. The van der Waals surface area contributed by atoms with Crippen molar-refractivity contribution in [2.75, 3.05) is 12.4 Å². The third kappa shape index (κ3) is 3.91. The molecule has 20 heavy (non-hydrogen) atoms. The first kappa shape index (κ1) is 13.7. The van der Waals surface area contributed by atoms with E-state index < -0.39 is 5.95 Å². The van der Waals surface area contributed by atoms with Crippen LogP contribution in [0.1, 0.15) is 5.56 Å². The highest BCUT2D eigenvalue weighted by atomic mass is 19.1. The van der Waals surface area contributed by atoms with Gasteiger partial charge in [-0.05, 0) is 35.9 Å². The Kier molecular flexibility index (Phi) is 4.44. The number of hydrogen-bond acceptors (Lipinski definition) is 3. The van der Waals surface area contributed by atoms with Crippen molar-refractivity contribution >= 4 is 17.7 Å². The second kappa shape index (κ2) is 6.47. The van der Waals surface area contributed by atoms with Gasteiger partial charge in [0.25, 0.3) is 0 Å². The van der Waals surface area contributed by atoms with Crippen LogP contribution < -0.4 is 10.1 Å². The smallest absolute Gasteiger partial charge is 0.248 e. The molecule has 4 nitrogen and oxygen atoms in total. The van der Waals surface area contributed by atoms with Gasteiger partial charge in [-0.1, -0.05) is 12.1 Å². The summed E-state index contributed by atoms with van der Waals surface area (Å²) < 4.78 is 17.6. The van der Waals surface area contributed by atoms with E-state index >= 15 is 0 Å². The molecule has 1 aromatic heterocycles. The molecule has 0 atom stereocenters. The van der Waals surface area contributed by atoms with Crippen LogP contribution in [0.15, 0.2) is 48.7 Å². The van der Waals surface area contributed by atoms with Crippen molar-refractivity contribution in [1.29, 1.82) is 0 Å². The highest BCUT2D eigenvalue weighted by molar-refractivity contribution is 6.01. The molecule has 1 amide bonds. The normalized spacial score (nSPS) is 10.5. The van der Waals surface area contributed by atoms with Crippen LogP contribution in [0, 0.1) is 5.95 Å². The average molecular weight is 272 g/mol. The molecule has 0 aliphatic carbocycles. The van der Waals surface area contributed by atoms with Crippen molar-refractivity contribution in [3.8, 4) is 5.75 Å². The molecule has 0 saturated heterocycles. The summed E-state index contributed by atoms with van der Waals surface area (Å²) >= 11 is 0. The Hall–Kier alpha value is -2.69. The average Bonchev–Trinajstić information content (AvgIpc) is 2.48. The lowest BCUT2D eigenvalue weighted by Gasteiger charge is -2.01. The molecule has 0 aliphatic heterocycles. The van der Waals surface area contributed by atoms with Crippen LogP contribution >= 0.6 is 0 Å². The number of carbonyl (C=O) groups is 1. The zero-order valence-electron chi connectivity index (χ0n) is 10.8.